The summed E-state index contributed by atoms with van der Waals surface area (Å²) in [6, 6.07) is 11.5. The number of likely N-dealkylation sites (N-methyl/N-ethyl adjacent to an activating group) is 1. The van der Waals surface area contributed by atoms with Crippen LogP contribution in [0, 0.1) is 0 Å². The maximum Gasteiger partial charge on any atom is 0.266 e. The van der Waals surface area contributed by atoms with E-state index in [0.717, 1.165) is 16.9 Å². The zero-order valence-corrected chi connectivity index (χ0v) is 14.8. The summed E-state index contributed by atoms with van der Waals surface area (Å²) in [5.41, 5.74) is 2.01. The summed E-state index contributed by atoms with van der Waals surface area (Å²) in [5, 5.41) is 0. The van der Waals surface area contributed by atoms with Crippen molar-refractivity contribution >= 4 is 40.3 Å². The summed E-state index contributed by atoms with van der Waals surface area (Å²) in [5.74, 6) is 0.760. The van der Waals surface area contributed by atoms with E-state index in [2.05, 4.69) is 4.98 Å². The van der Waals surface area contributed by atoms with E-state index in [0.29, 0.717) is 22.4 Å². The summed E-state index contributed by atoms with van der Waals surface area (Å²) < 4.78 is 6.36. The second-order valence-corrected chi connectivity index (χ2v) is 6.81. The Morgan fingerprint density at radius 3 is 2.54 bits per heavy atom. The van der Waals surface area contributed by atoms with E-state index < -0.39 is 0 Å². The summed E-state index contributed by atoms with van der Waals surface area (Å²) >= 11 is 6.56. The lowest BCUT2D eigenvalue weighted by atomic mass is 10.2. The lowest BCUT2D eigenvalue weighted by molar-refractivity contribution is -0.121. The highest BCUT2D eigenvalue weighted by Gasteiger charge is 2.30. The predicted molar refractivity (Wildman–Crippen MR) is 101 cm³/mol. The van der Waals surface area contributed by atoms with E-state index >= 15 is 0 Å². The van der Waals surface area contributed by atoms with E-state index in [1.807, 2.05) is 49.4 Å². The minimum Gasteiger partial charge on any atom is -0.489 e. The van der Waals surface area contributed by atoms with Crippen LogP contribution in [0.3, 0.4) is 0 Å². The number of nitrogens with zero attached hydrogens (tertiary/aromatic N) is 2. The molecule has 1 fully saturated rings. The van der Waals surface area contributed by atoms with Crippen molar-refractivity contribution in [1.82, 2.24) is 9.88 Å². The van der Waals surface area contributed by atoms with Crippen molar-refractivity contribution in [3.8, 4) is 5.75 Å². The topological polar surface area (TPSA) is 42.4 Å². The molecular weight excluding hydrogens is 340 g/mol. The third kappa shape index (κ3) is 3.83. The fraction of sp³-hybridized carbons (Fsp3) is 0.167. The Labute approximate surface area is 150 Å². The third-order valence-corrected chi connectivity index (χ3v) is 4.90. The molecule has 24 heavy (non-hydrogen) atoms. The number of thioether (sulfide) groups is 1. The molecular formula is C18H16N2O2S2. The van der Waals surface area contributed by atoms with Crippen LogP contribution in [-0.4, -0.2) is 26.7 Å². The molecule has 0 bridgehead atoms. The van der Waals surface area contributed by atoms with Crippen LogP contribution in [0.1, 0.15) is 18.1 Å². The predicted octanol–water partition coefficient (Wildman–Crippen LogP) is 3.88. The molecule has 122 valence electrons. The van der Waals surface area contributed by atoms with Gasteiger partial charge in [-0.3, -0.25) is 14.7 Å². The van der Waals surface area contributed by atoms with Crippen molar-refractivity contribution in [2.45, 2.75) is 13.5 Å². The van der Waals surface area contributed by atoms with Gasteiger partial charge >= 0.3 is 0 Å². The molecule has 4 nitrogen and oxygen atoms in total. The van der Waals surface area contributed by atoms with E-state index in [4.69, 9.17) is 17.0 Å². The molecule has 0 atom stereocenters. The van der Waals surface area contributed by atoms with Gasteiger partial charge in [0.1, 0.15) is 16.7 Å². The lowest BCUT2D eigenvalue weighted by Gasteiger charge is -2.09. The Morgan fingerprint density at radius 2 is 1.92 bits per heavy atom. The van der Waals surface area contributed by atoms with E-state index in [9.17, 15) is 4.79 Å². The summed E-state index contributed by atoms with van der Waals surface area (Å²) in [4.78, 5) is 18.4. The summed E-state index contributed by atoms with van der Waals surface area (Å²) in [6.45, 7) is 3.02. The van der Waals surface area contributed by atoms with Gasteiger partial charge in [-0.15, -0.1) is 0 Å². The van der Waals surface area contributed by atoms with Gasteiger partial charge in [0, 0.05) is 18.9 Å². The first-order chi connectivity index (χ1) is 11.7. The molecule has 0 N–H and O–H groups in total. The number of pyridine rings is 1. The molecule has 1 aliphatic heterocycles. The molecule has 1 aromatic carbocycles. The van der Waals surface area contributed by atoms with Crippen molar-refractivity contribution in [3.63, 3.8) is 0 Å². The second kappa shape index (κ2) is 7.59. The molecule has 3 rings (SSSR count). The van der Waals surface area contributed by atoms with Crippen LogP contribution in [0.5, 0.6) is 5.75 Å². The number of hydrogen-bond acceptors (Lipinski definition) is 5. The molecule has 0 aliphatic carbocycles. The van der Waals surface area contributed by atoms with Crippen molar-refractivity contribution in [3.05, 3.63) is 64.8 Å². The van der Waals surface area contributed by atoms with E-state index in [1.165, 1.54) is 11.8 Å². The van der Waals surface area contributed by atoms with Crippen LogP contribution < -0.4 is 4.74 Å². The van der Waals surface area contributed by atoms with Crippen molar-refractivity contribution < 1.29 is 9.53 Å². The number of thiocarbonyl (C=S) groups is 1. The first-order valence-electron chi connectivity index (χ1n) is 7.54. The monoisotopic (exact) mass is 356 g/mol. The molecule has 1 saturated heterocycles. The minimum atomic E-state index is -0.0227. The maximum atomic E-state index is 12.2. The minimum absolute atomic E-state index is 0.0227. The van der Waals surface area contributed by atoms with Crippen LogP contribution in [0.2, 0.25) is 0 Å². The highest BCUT2D eigenvalue weighted by atomic mass is 32.2. The molecule has 2 aromatic rings. The number of aromatic nitrogens is 1. The summed E-state index contributed by atoms with van der Waals surface area (Å²) in [6.07, 6.45) is 5.35. The van der Waals surface area contributed by atoms with Crippen LogP contribution in [-0.2, 0) is 11.4 Å². The average molecular weight is 356 g/mol. The molecule has 2 heterocycles. The third-order valence-electron chi connectivity index (χ3n) is 3.52. The van der Waals surface area contributed by atoms with Crippen molar-refractivity contribution in [1.29, 1.82) is 0 Å². The van der Waals surface area contributed by atoms with Gasteiger partial charge in [-0.1, -0.05) is 36.1 Å². The van der Waals surface area contributed by atoms with Crippen LogP contribution >= 0.6 is 24.0 Å². The highest BCUT2D eigenvalue weighted by molar-refractivity contribution is 8.26. The molecule has 0 spiro atoms. The quantitative estimate of drug-likeness (QED) is 0.601. The zero-order chi connectivity index (χ0) is 16.9. The number of carbonyl (C=O) groups is 1. The fourth-order valence-corrected chi connectivity index (χ4v) is 3.61. The molecule has 0 unspecified atom stereocenters. The highest BCUT2D eigenvalue weighted by Crippen LogP contribution is 2.32. The SMILES string of the molecule is CCN1C(=O)/C(=C\c2ccc(OCc3ccncc3)cc2)SC1=S. The van der Waals surface area contributed by atoms with E-state index in [1.54, 1.807) is 17.3 Å². The first kappa shape index (κ1) is 16.7. The zero-order valence-electron chi connectivity index (χ0n) is 13.1. The Hall–Kier alpha value is -2.18. The van der Waals surface area contributed by atoms with Gasteiger partial charge in [0.25, 0.3) is 5.91 Å². The lowest BCUT2D eigenvalue weighted by Crippen LogP contribution is -2.27. The Balaban J connectivity index is 1.66. The number of ether oxygens (including phenoxy) is 1. The van der Waals surface area contributed by atoms with Gasteiger partial charge in [-0.25, -0.2) is 0 Å². The maximum absolute atomic E-state index is 12.2. The number of amides is 1. The smallest absolute Gasteiger partial charge is 0.266 e. The number of carbonyl (C=O) groups excluding carboxylic acids is 1. The number of rotatable bonds is 5. The number of hydrogen-bond donors (Lipinski definition) is 0. The van der Waals surface area contributed by atoms with Crippen molar-refractivity contribution in [2.24, 2.45) is 0 Å². The van der Waals surface area contributed by atoms with Crippen molar-refractivity contribution in [2.75, 3.05) is 6.54 Å². The van der Waals surface area contributed by atoms with Crippen LogP contribution in [0.25, 0.3) is 6.08 Å². The second-order valence-electron chi connectivity index (χ2n) is 5.14. The molecule has 0 saturated carbocycles. The number of benzene rings is 1. The Morgan fingerprint density at radius 1 is 1.21 bits per heavy atom. The largest absolute Gasteiger partial charge is 0.489 e. The molecule has 1 amide bonds. The van der Waals surface area contributed by atoms with Crippen LogP contribution in [0.4, 0.5) is 0 Å². The normalized spacial score (nSPS) is 16.0. The molecule has 6 heteroatoms. The van der Waals surface area contributed by atoms with Gasteiger partial charge in [0.15, 0.2) is 0 Å². The van der Waals surface area contributed by atoms with Gasteiger partial charge < -0.3 is 4.74 Å². The standard InChI is InChI=1S/C18H16N2O2S2/c1-2-20-17(21)16(24-18(20)23)11-13-3-5-15(6-4-13)22-12-14-7-9-19-10-8-14/h3-11H,2,12H2,1H3/b16-11+. The average Bonchev–Trinajstić information content (AvgIpc) is 2.88. The molecule has 0 radical (unpaired) electrons. The van der Waals surface area contributed by atoms with Gasteiger partial charge in [0.2, 0.25) is 0 Å². The molecule has 1 aliphatic rings. The Bertz CT molecular complexity index is 773. The molecule has 1 aromatic heterocycles. The van der Waals surface area contributed by atoms with Crippen LogP contribution in [0.15, 0.2) is 53.7 Å². The van der Waals surface area contributed by atoms with Gasteiger partial charge in [0.05, 0.1) is 4.91 Å². The van der Waals surface area contributed by atoms with E-state index in [-0.39, 0.29) is 5.91 Å². The van der Waals surface area contributed by atoms with Gasteiger partial charge in [-0.2, -0.15) is 0 Å². The van der Waals surface area contributed by atoms with Gasteiger partial charge in [-0.05, 0) is 48.4 Å². The first-order valence-corrected chi connectivity index (χ1v) is 8.77. The Kier molecular flexibility index (Phi) is 5.27. The summed E-state index contributed by atoms with van der Waals surface area (Å²) in [7, 11) is 0. The fourth-order valence-electron chi connectivity index (χ4n) is 2.23.